The van der Waals surface area contributed by atoms with Crippen LogP contribution in [0.15, 0.2) is 35.7 Å². The van der Waals surface area contributed by atoms with Gasteiger partial charge in [-0.2, -0.15) is 0 Å². The number of ether oxygens (including phenoxy) is 1. The van der Waals surface area contributed by atoms with Crippen LogP contribution >= 0.6 is 0 Å². The summed E-state index contributed by atoms with van der Waals surface area (Å²) in [6, 6.07) is 3.58. The highest BCUT2D eigenvalue weighted by Gasteiger charge is 2.14. The largest absolute Gasteiger partial charge is 0.456 e. The second-order valence-electron chi connectivity index (χ2n) is 5.47. The first-order chi connectivity index (χ1) is 11.5. The van der Waals surface area contributed by atoms with Crippen molar-refractivity contribution in [1.82, 2.24) is 14.9 Å². The van der Waals surface area contributed by atoms with Crippen molar-refractivity contribution in [1.29, 1.82) is 0 Å². The van der Waals surface area contributed by atoms with Crippen molar-refractivity contribution >= 4 is 18.0 Å². The maximum Gasteiger partial charge on any atom is 0.338 e. The van der Waals surface area contributed by atoms with Gasteiger partial charge in [0.1, 0.15) is 6.61 Å². The Morgan fingerprint density at radius 1 is 1.29 bits per heavy atom. The highest BCUT2D eigenvalue weighted by Crippen LogP contribution is 2.25. The fraction of sp³-hybridized carbons (Fsp3) is 0.333. The fourth-order valence-electron chi connectivity index (χ4n) is 2.03. The predicted octanol–water partition coefficient (Wildman–Crippen LogP) is 3.06. The Labute approximate surface area is 142 Å². The lowest BCUT2D eigenvalue weighted by atomic mass is 10.0. The first-order valence-corrected chi connectivity index (χ1v) is 7.79. The molecule has 0 saturated carbocycles. The van der Waals surface area contributed by atoms with Crippen molar-refractivity contribution in [3.8, 4) is 0 Å². The third kappa shape index (κ3) is 4.38. The number of esters is 1. The summed E-state index contributed by atoms with van der Waals surface area (Å²) >= 11 is 0. The Kier molecular flexibility index (Phi) is 6.01. The molecule has 0 unspecified atom stereocenters. The molecular weight excluding hydrogens is 304 g/mol. The Hall–Kier alpha value is -2.76. The zero-order chi connectivity index (χ0) is 17.5. The van der Waals surface area contributed by atoms with Gasteiger partial charge in [-0.15, -0.1) is 0 Å². The summed E-state index contributed by atoms with van der Waals surface area (Å²) in [6.07, 6.45) is 6.51. The van der Waals surface area contributed by atoms with Gasteiger partial charge in [-0.05, 0) is 44.0 Å². The van der Waals surface area contributed by atoms with Gasteiger partial charge in [0.25, 0.3) is 0 Å². The molecule has 0 atom stereocenters. The van der Waals surface area contributed by atoms with Gasteiger partial charge in [0.05, 0.1) is 29.5 Å². The average Bonchev–Trinajstić information content (AvgIpc) is 2.61. The SMILES string of the molecule is CCN(C)/C=N/c1ccc(C(=O)OCc2cnccn2)c(C)c1C. The molecule has 2 aromatic rings. The lowest BCUT2D eigenvalue weighted by Gasteiger charge is -2.12. The first kappa shape index (κ1) is 17.6. The predicted molar refractivity (Wildman–Crippen MR) is 93.5 cm³/mol. The van der Waals surface area contributed by atoms with E-state index >= 15 is 0 Å². The molecule has 6 heteroatoms. The number of hydrogen-bond donors (Lipinski definition) is 0. The molecule has 0 saturated heterocycles. The minimum atomic E-state index is -0.373. The average molecular weight is 326 g/mol. The molecule has 0 aliphatic heterocycles. The summed E-state index contributed by atoms with van der Waals surface area (Å²) in [4.78, 5) is 26.8. The van der Waals surface area contributed by atoms with E-state index in [1.54, 1.807) is 31.0 Å². The van der Waals surface area contributed by atoms with Crippen LogP contribution in [-0.2, 0) is 11.3 Å². The first-order valence-electron chi connectivity index (χ1n) is 7.79. The molecule has 0 bridgehead atoms. The summed E-state index contributed by atoms with van der Waals surface area (Å²) < 4.78 is 5.32. The Bertz CT molecular complexity index is 729. The Balaban J connectivity index is 2.12. The zero-order valence-corrected chi connectivity index (χ0v) is 14.5. The van der Waals surface area contributed by atoms with Crippen LogP contribution in [0.3, 0.4) is 0 Å². The Morgan fingerprint density at radius 3 is 2.75 bits per heavy atom. The minimum Gasteiger partial charge on any atom is -0.456 e. The zero-order valence-electron chi connectivity index (χ0n) is 14.5. The van der Waals surface area contributed by atoms with Crippen LogP contribution in [-0.4, -0.2) is 40.8 Å². The number of nitrogens with zero attached hydrogens (tertiary/aromatic N) is 4. The summed E-state index contributed by atoms with van der Waals surface area (Å²) in [5, 5.41) is 0. The maximum atomic E-state index is 12.3. The van der Waals surface area contributed by atoms with Crippen molar-refractivity contribution in [2.45, 2.75) is 27.4 Å². The number of carbonyl (C=O) groups excluding carboxylic acids is 1. The van der Waals surface area contributed by atoms with Crippen molar-refractivity contribution in [3.63, 3.8) is 0 Å². The van der Waals surface area contributed by atoms with Crippen molar-refractivity contribution in [3.05, 3.63) is 53.1 Å². The molecule has 1 aromatic carbocycles. The molecule has 126 valence electrons. The number of hydrogen-bond acceptors (Lipinski definition) is 5. The summed E-state index contributed by atoms with van der Waals surface area (Å²) in [5.41, 5.74) is 3.83. The lowest BCUT2D eigenvalue weighted by molar-refractivity contribution is 0.0466. The van der Waals surface area contributed by atoms with Crippen LogP contribution in [0.25, 0.3) is 0 Å². The van der Waals surface area contributed by atoms with E-state index < -0.39 is 0 Å². The van der Waals surface area contributed by atoms with E-state index in [2.05, 4.69) is 21.9 Å². The van der Waals surface area contributed by atoms with E-state index in [1.165, 1.54) is 0 Å². The summed E-state index contributed by atoms with van der Waals surface area (Å²) in [5.74, 6) is -0.373. The van der Waals surface area contributed by atoms with E-state index in [4.69, 9.17) is 4.74 Å². The van der Waals surface area contributed by atoms with Gasteiger partial charge in [-0.1, -0.05) is 0 Å². The molecule has 0 spiro atoms. The summed E-state index contributed by atoms with van der Waals surface area (Å²) in [6.45, 7) is 6.89. The number of rotatable bonds is 6. The van der Waals surface area contributed by atoms with Gasteiger partial charge in [-0.25, -0.2) is 9.79 Å². The smallest absolute Gasteiger partial charge is 0.338 e. The van der Waals surface area contributed by atoms with Crippen molar-refractivity contribution in [2.24, 2.45) is 4.99 Å². The van der Waals surface area contributed by atoms with Crippen LogP contribution < -0.4 is 0 Å². The Morgan fingerprint density at radius 2 is 2.08 bits per heavy atom. The quantitative estimate of drug-likeness (QED) is 0.464. The second kappa shape index (κ2) is 8.19. The van der Waals surface area contributed by atoms with Gasteiger partial charge in [0.2, 0.25) is 0 Å². The normalized spacial score (nSPS) is 10.8. The standard InChI is InChI=1S/C18H22N4O2/c1-5-22(4)12-21-17-7-6-16(13(2)14(17)3)18(23)24-11-15-10-19-8-9-20-15/h6-10,12H,5,11H2,1-4H3/b21-12+. The highest BCUT2D eigenvalue weighted by atomic mass is 16.5. The van der Waals surface area contributed by atoms with Crippen LogP contribution in [0, 0.1) is 13.8 Å². The molecule has 1 heterocycles. The molecule has 0 radical (unpaired) electrons. The third-order valence-electron chi connectivity index (χ3n) is 3.84. The van der Waals surface area contributed by atoms with Gasteiger partial charge in [0, 0.05) is 26.0 Å². The van der Waals surface area contributed by atoms with Crippen LogP contribution in [0.1, 0.15) is 34.1 Å². The molecular formula is C18H22N4O2. The monoisotopic (exact) mass is 326 g/mol. The molecule has 0 aliphatic rings. The van der Waals surface area contributed by atoms with E-state index in [0.717, 1.165) is 23.4 Å². The lowest BCUT2D eigenvalue weighted by Crippen LogP contribution is -2.14. The van der Waals surface area contributed by atoms with Crippen LogP contribution in [0.4, 0.5) is 5.69 Å². The van der Waals surface area contributed by atoms with Crippen LogP contribution in [0.5, 0.6) is 0 Å². The molecule has 2 rings (SSSR count). The summed E-state index contributed by atoms with van der Waals surface area (Å²) in [7, 11) is 1.96. The molecule has 24 heavy (non-hydrogen) atoms. The highest BCUT2D eigenvalue weighted by molar-refractivity contribution is 5.92. The van der Waals surface area contributed by atoms with E-state index in [9.17, 15) is 4.79 Å². The second-order valence-corrected chi connectivity index (χ2v) is 5.47. The molecule has 0 aliphatic carbocycles. The van der Waals surface area contributed by atoms with Crippen LogP contribution in [0.2, 0.25) is 0 Å². The third-order valence-corrected chi connectivity index (χ3v) is 3.84. The number of aromatic nitrogens is 2. The van der Waals surface area contributed by atoms with E-state index in [-0.39, 0.29) is 12.6 Å². The number of carbonyl (C=O) groups is 1. The minimum absolute atomic E-state index is 0.104. The maximum absolute atomic E-state index is 12.3. The molecule has 1 aromatic heterocycles. The molecule has 0 amide bonds. The van der Waals surface area contributed by atoms with Gasteiger partial charge in [0.15, 0.2) is 0 Å². The number of benzene rings is 1. The van der Waals surface area contributed by atoms with Crippen molar-refractivity contribution in [2.75, 3.05) is 13.6 Å². The molecule has 0 fully saturated rings. The molecule has 0 N–H and O–H groups in total. The van der Waals surface area contributed by atoms with Gasteiger partial charge in [-0.3, -0.25) is 9.97 Å². The van der Waals surface area contributed by atoms with Crippen molar-refractivity contribution < 1.29 is 9.53 Å². The number of aliphatic imine (C=N–C) groups is 1. The topological polar surface area (TPSA) is 67.7 Å². The van der Waals surface area contributed by atoms with E-state index in [1.807, 2.05) is 31.9 Å². The van der Waals surface area contributed by atoms with E-state index in [0.29, 0.717) is 11.3 Å². The van der Waals surface area contributed by atoms with Gasteiger partial charge < -0.3 is 9.64 Å². The molecule has 6 nitrogen and oxygen atoms in total. The fourth-order valence-corrected chi connectivity index (χ4v) is 2.03. The van der Waals surface area contributed by atoms with Gasteiger partial charge >= 0.3 is 5.97 Å².